The molecular weight excluding hydrogens is 298 g/mol. The minimum Gasteiger partial charge on any atom is -0.481 e. The molecule has 0 radical (unpaired) electrons. The van der Waals surface area contributed by atoms with Gasteiger partial charge in [-0.05, 0) is 61.7 Å². The van der Waals surface area contributed by atoms with Crippen molar-refractivity contribution in [3.05, 3.63) is 58.6 Å². The Bertz CT molecular complexity index is 653. The minimum atomic E-state index is -0.541. The van der Waals surface area contributed by atoms with Gasteiger partial charge in [-0.25, -0.2) is 0 Å². The molecule has 0 aromatic heterocycles. The van der Waals surface area contributed by atoms with Crippen LogP contribution in [0, 0.1) is 13.8 Å². The standard InChI is InChI=1S/C18H20ClNO2/c1-4-17(22-15-10-8-14(19)9-11-15)18(21)20-16-7-5-6-12(2)13(16)3/h5-11,17H,4H2,1-3H3,(H,20,21)/t17-/m1/s1. The van der Waals surface area contributed by atoms with Crippen LogP contribution < -0.4 is 10.1 Å². The van der Waals surface area contributed by atoms with Crippen molar-refractivity contribution in [2.24, 2.45) is 0 Å². The van der Waals surface area contributed by atoms with Crippen LogP contribution in [0.5, 0.6) is 5.75 Å². The topological polar surface area (TPSA) is 38.3 Å². The Balaban J connectivity index is 2.08. The molecule has 0 saturated heterocycles. The van der Waals surface area contributed by atoms with Gasteiger partial charge in [-0.15, -0.1) is 0 Å². The second-order valence-electron chi connectivity index (χ2n) is 5.21. The number of aryl methyl sites for hydroxylation is 1. The van der Waals surface area contributed by atoms with Crippen LogP contribution in [0.3, 0.4) is 0 Å². The molecular formula is C18H20ClNO2. The Hall–Kier alpha value is -2.00. The first-order valence-electron chi connectivity index (χ1n) is 7.30. The lowest BCUT2D eigenvalue weighted by atomic mass is 10.1. The Morgan fingerprint density at radius 3 is 2.50 bits per heavy atom. The minimum absolute atomic E-state index is 0.147. The van der Waals surface area contributed by atoms with Gasteiger partial charge < -0.3 is 10.1 Å². The van der Waals surface area contributed by atoms with Gasteiger partial charge in [0.2, 0.25) is 0 Å². The lowest BCUT2D eigenvalue weighted by molar-refractivity contribution is -0.122. The lowest BCUT2D eigenvalue weighted by Gasteiger charge is -2.18. The second-order valence-corrected chi connectivity index (χ2v) is 5.64. The number of halogens is 1. The highest BCUT2D eigenvalue weighted by Gasteiger charge is 2.19. The maximum absolute atomic E-state index is 12.4. The number of benzene rings is 2. The van der Waals surface area contributed by atoms with Crippen LogP contribution in [0.4, 0.5) is 5.69 Å². The third kappa shape index (κ3) is 4.01. The van der Waals surface area contributed by atoms with Crippen molar-refractivity contribution in [2.45, 2.75) is 33.3 Å². The fraction of sp³-hybridized carbons (Fsp3) is 0.278. The van der Waals surface area contributed by atoms with Crippen molar-refractivity contribution in [3.8, 4) is 5.75 Å². The van der Waals surface area contributed by atoms with Crippen LogP contribution in [0.25, 0.3) is 0 Å². The molecule has 0 aliphatic carbocycles. The fourth-order valence-corrected chi connectivity index (χ4v) is 2.23. The summed E-state index contributed by atoms with van der Waals surface area (Å²) in [7, 11) is 0. The summed E-state index contributed by atoms with van der Waals surface area (Å²) < 4.78 is 5.75. The summed E-state index contributed by atoms with van der Waals surface area (Å²) in [5, 5.41) is 3.58. The van der Waals surface area contributed by atoms with Gasteiger partial charge in [0, 0.05) is 10.7 Å². The van der Waals surface area contributed by atoms with Gasteiger partial charge >= 0.3 is 0 Å². The van der Waals surface area contributed by atoms with Crippen molar-refractivity contribution in [1.29, 1.82) is 0 Å². The van der Waals surface area contributed by atoms with Gasteiger partial charge in [0.1, 0.15) is 5.75 Å². The molecule has 0 unspecified atom stereocenters. The molecule has 4 heteroatoms. The summed E-state index contributed by atoms with van der Waals surface area (Å²) >= 11 is 5.85. The predicted molar refractivity (Wildman–Crippen MR) is 90.7 cm³/mol. The van der Waals surface area contributed by atoms with Crippen LogP contribution in [-0.2, 0) is 4.79 Å². The molecule has 0 aliphatic rings. The van der Waals surface area contributed by atoms with E-state index < -0.39 is 6.10 Å². The number of amides is 1. The predicted octanol–water partition coefficient (Wildman–Crippen LogP) is 4.75. The number of carbonyl (C=O) groups excluding carboxylic acids is 1. The number of nitrogens with one attached hydrogen (secondary N) is 1. The SMILES string of the molecule is CC[C@@H](Oc1ccc(Cl)cc1)C(=O)Nc1cccc(C)c1C. The zero-order valence-electron chi connectivity index (χ0n) is 13.0. The summed E-state index contributed by atoms with van der Waals surface area (Å²) in [4.78, 5) is 12.4. The summed E-state index contributed by atoms with van der Waals surface area (Å²) in [6, 6.07) is 12.9. The first-order valence-corrected chi connectivity index (χ1v) is 7.68. The number of anilines is 1. The first kappa shape index (κ1) is 16.4. The highest BCUT2D eigenvalue weighted by Crippen LogP contribution is 2.21. The van der Waals surface area contributed by atoms with Gasteiger partial charge in [0.25, 0.3) is 5.91 Å². The lowest BCUT2D eigenvalue weighted by Crippen LogP contribution is -2.32. The molecule has 1 atom stereocenters. The van der Waals surface area contributed by atoms with Gasteiger partial charge in [-0.1, -0.05) is 30.7 Å². The van der Waals surface area contributed by atoms with Crippen LogP contribution in [0.15, 0.2) is 42.5 Å². The molecule has 1 amide bonds. The quantitative estimate of drug-likeness (QED) is 0.864. The third-order valence-electron chi connectivity index (χ3n) is 3.62. The van der Waals surface area contributed by atoms with Gasteiger partial charge in [-0.2, -0.15) is 0 Å². The van der Waals surface area contributed by atoms with Crippen molar-refractivity contribution in [1.82, 2.24) is 0 Å². The Morgan fingerprint density at radius 2 is 1.86 bits per heavy atom. The number of hydrogen-bond acceptors (Lipinski definition) is 2. The average molecular weight is 318 g/mol. The monoisotopic (exact) mass is 317 g/mol. The molecule has 2 aromatic carbocycles. The van der Waals surface area contributed by atoms with Crippen molar-refractivity contribution >= 4 is 23.2 Å². The summed E-state index contributed by atoms with van der Waals surface area (Å²) in [5.41, 5.74) is 3.03. The third-order valence-corrected chi connectivity index (χ3v) is 3.87. The zero-order valence-corrected chi connectivity index (χ0v) is 13.8. The van der Waals surface area contributed by atoms with Crippen molar-refractivity contribution in [2.75, 3.05) is 5.32 Å². The van der Waals surface area contributed by atoms with Crippen LogP contribution in [-0.4, -0.2) is 12.0 Å². The van der Waals surface area contributed by atoms with E-state index >= 15 is 0 Å². The van der Waals surface area contributed by atoms with E-state index in [4.69, 9.17) is 16.3 Å². The molecule has 2 rings (SSSR count). The van der Waals surface area contributed by atoms with E-state index in [1.54, 1.807) is 24.3 Å². The number of rotatable bonds is 5. The maximum Gasteiger partial charge on any atom is 0.265 e. The van der Waals surface area contributed by atoms with E-state index in [0.717, 1.165) is 16.8 Å². The molecule has 1 N–H and O–H groups in total. The summed E-state index contributed by atoms with van der Waals surface area (Å²) in [6.45, 7) is 5.93. The van der Waals surface area contributed by atoms with Gasteiger partial charge in [-0.3, -0.25) is 4.79 Å². The second kappa shape index (κ2) is 7.32. The van der Waals surface area contributed by atoms with Crippen LogP contribution in [0.1, 0.15) is 24.5 Å². The molecule has 0 aliphatic heterocycles. The maximum atomic E-state index is 12.4. The fourth-order valence-electron chi connectivity index (χ4n) is 2.10. The molecule has 2 aromatic rings. The van der Waals surface area contributed by atoms with E-state index in [2.05, 4.69) is 5.32 Å². The molecule has 22 heavy (non-hydrogen) atoms. The molecule has 0 bridgehead atoms. The van der Waals surface area contributed by atoms with Crippen LogP contribution in [0.2, 0.25) is 5.02 Å². The smallest absolute Gasteiger partial charge is 0.265 e. The number of hydrogen-bond donors (Lipinski definition) is 1. The average Bonchev–Trinajstić information content (AvgIpc) is 2.51. The molecule has 0 heterocycles. The van der Waals surface area contributed by atoms with Crippen LogP contribution >= 0.6 is 11.6 Å². The molecule has 0 fully saturated rings. The van der Waals surface area contributed by atoms with Crippen molar-refractivity contribution in [3.63, 3.8) is 0 Å². The van der Waals surface area contributed by atoms with Gasteiger partial charge in [0.15, 0.2) is 6.10 Å². The molecule has 0 spiro atoms. The Morgan fingerprint density at radius 1 is 1.18 bits per heavy atom. The Labute approximate surface area is 136 Å². The van der Waals surface area contributed by atoms with E-state index in [0.29, 0.717) is 17.2 Å². The van der Waals surface area contributed by atoms with Crippen molar-refractivity contribution < 1.29 is 9.53 Å². The number of carbonyl (C=O) groups is 1. The normalized spacial score (nSPS) is 11.8. The van der Waals surface area contributed by atoms with E-state index in [1.165, 1.54) is 0 Å². The van der Waals surface area contributed by atoms with E-state index in [1.807, 2.05) is 39.0 Å². The molecule has 3 nitrogen and oxygen atoms in total. The van der Waals surface area contributed by atoms with E-state index in [9.17, 15) is 4.79 Å². The number of ether oxygens (including phenoxy) is 1. The highest BCUT2D eigenvalue weighted by molar-refractivity contribution is 6.30. The first-order chi connectivity index (χ1) is 10.5. The summed E-state index contributed by atoms with van der Waals surface area (Å²) in [6.07, 6.45) is 0.0420. The van der Waals surface area contributed by atoms with Gasteiger partial charge in [0.05, 0.1) is 0 Å². The molecule has 0 saturated carbocycles. The molecule has 116 valence electrons. The largest absolute Gasteiger partial charge is 0.481 e. The Kier molecular flexibility index (Phi) is 5.45. The van der Waals surface area contributed by atoms with E-state index in [-0.39, 0.29) is 5.91 Å². The highest BCUT2D eigenvalue weighted by atomic mass is 35.5. The zero-order chi connectivity index (χ0) is 16.1. The summed E-state index contributed by atoms with van der Waals surface area (Å²) in [5.74, 6) is 0.485.